The maximum Gasteiger partial charge on any atom is 0.220 e. The Labute approximate surface area is 96.6 Å². The molecule has 7 heteroatoms. The molecular formula is C8H18N2O3S2. The largest absolute Gasteiger partial charge is 0.392 e. The Hall–Kier alpha value is -0.240. The summed E-state index contributed by atoms with van der Waals surface area (Å²) in [6.45, 7) is 4.46. The molecule has 0 aromatic carbocycles. The zero-order chi connectivity index (χ0) is 12.1. The molecule has 0 atom stereocenters. The van der Waals surface area contributed by atoms with Crippen LogP contribution in [-0.2, 0) is 14.8 Å². The molecule has 5 nitrogen and oxygen atoms in total. The lowest BCUT2D eigenvalue weighted by Gasteiger charge is -2.17. The Morgan fingerprint density at radius 2 is 2.07 bits per heavy atom. The van der Waals surface area contributed by atoms with E-state index >= 15 is 0 Å². The topological polar surface area (TPSA) is 72.6 Å². The highest BCUT2D eigenvalue weighted by Crippen LogP contribution is 1.98. The Kier molecular flexibility index (Phi) is 6.26. The fourth-order valence-electron chi connectivity index (χ4n) is 0.846. The van der Waals surface area contributed by atoms with Crippen molar-refractivity contribution in [2.45, 2.75) is 20.0 Å². The van der Waals surface area contributed by atoms with Crippen LogP contribution in [0.3, 0.4) is 0 Å². The summed E-state index contributed by atoms with van der Waals surface area (Å²) < 4.78 is 29.5. The minimum absolute atomic E-state index is 0.0216. The second kappa shape index (κ2) is 6.37. The van der Waals surface area contributed by atoms with Crippen molar-refractivity contribution >= 4 is 27.2 Å². The molecule has 15 heavy (non-hydrogen) atoms. The lowest BCUT2D eigenvalue weighted by molar-refractivity contribution is 0.0737. The predicted octanol–water partition coefficient (Wildman–Crippen LogP) is -0.0409. The van der Waals surface area contributed by atoms with Gasteiger partial charge in [0.05, 0.1) is 17.7 Å². The van der Waals surface area contributed by atoms with Crippen molar-refractivity contribution < 1.29 is 13.2 Å². The Morgan fingerprint density at radius 3 is 2.47 bits per heavy atom. The first kappa shape index (κ1) is 14.8. The molecule has 0 aliphatic rings. The van der Waals surface area contributed by atoms with Gasteiger partial charge >= 0.3 is 0 Å². The minimum atomic E-state index is -3.37. The zero-order valence-corrected chi connectivity index (χ0v) is 10.9. The third-order valence-electron chi connectivity index (χ3n) is 1.66. The van der Waals surface area contributed by atoms with Crippen LogP contribution in [0.4, 0.5) is 0 Å². The summed E-state index contributed by atoms with van der Waals surface area (Å²) in [5.74, 6) is -0.291. The van der Waals surface area contributed by atoms with Gasteiger partial charge in [0.1, 0.15) is 5.75 Å². The monoisotopic (exact) mass is 254 g/mol. The van der Waals surface area contributed by atoms with E-state index in [0.29, 0.717) is 13.2 Å². The van der Waals surface area contributed by atoms with Crippen molar-refractivity contribution in [1.29, 1.82) is 0 Å². The van der Waals surface area contributed by atoms with Crippen molar-refractivity contribution in [3.05, 3.63) is 0 Å². The first-order valence-corrected chi connectivity index (χ1v) is 6.61. The van der Waals surface area contributed by atoms with Crippen molar-refractivity contribution in [2.24, 2.45) is 5.73 Å². The van der Waals surface area contributed by atoms with Gasteiger partial charge in [0.2, 0.25) is 10.0 Å². The van der Waals surface area contributed by atoms with Gasteiger partial charge in [0, 0.05) is 13.6 Å². The van der Waals surface area contributed by atoms with Gasteiger partial charge in [-0.25, -0.2) is 12.7 Å². The van der Waals surface area contributed by atoms with E-state index in [1.807, 2.05) is 13.8 Å². The number of hydrogen-bond donors (Lipinski definition) is 1. The van der Waals surface area contributed by atoms with Crippen LogP contribution in [0.2, 0.25) is 0 Å². The molecule has 90 valence electrons. The molecule has 2 N–H and O–H groups in total. The highest BCUT2D eigenvalue weighted by molar-refractivity contribution is 7.92. The van der Waals surface area contributed by atoms with Crippen LogP contribution in [0.25, 0.3) is 0 Å². The first-order valence-electron chi connectivity index (χ1n) is 4.59. The summed E-state index contributed by atoms with van der Waals surface area (Å²) >= 11 is 4.56. The number of sulfonamides is 1. The van der Waals surface area contributed by atoms with E-state index in [2.05, 4.69) is 12.2 Å². The summed E-state index contributed by atoms with van der Waals surface area (Å²) in [6, 6.07) is 0. The van der Waals surface area contributed by atoms with Gasteiger partial charge in [-0.05, 0) is 13.8 Å². The van der Waals surface area contributed by atoms with Gasteiger partial charge in [-0.1, -0.05) is 12.2 Å². The van der Waals surface area contributed by atoms with E-state index in [1.165, 1.54) is 11.4 Å². The molecule has 0 aromatic heterocycles. The minimum Gasteiger partial charge on any atom is -0.392 e. The summed E-state index contributed by atoms with van der Waals surface area (Å²) in [5.41, 5.74) is 5.19. The van der Waals surface area contributed by atoms with Gasteiger partial charge < -0.3 is 10.5 Å². The Morgan fingerprint density at radius 1 is 1.53 bits per heavy atom. The summed E-state index contributed by atoms with van der Waals surface area (Å²) in [4.78, 5) is -0.0216. The summed E-state index contributed by atoms with van der Waals surface area (Å²) in [5, 5.41) is 0. The zero-order valence-electron chi connectivity index (χ0n) is 9.26. The lowest BCUT2D eigenvalue weighted by atomic mass is 10.5. The molecule has 0 fully saturated rings. The van der Waals surface area contributed by atoms with E-state index in [4.69, 9.17) is 10.5 Å². The normalized spacial score (nSPS) is 12.3. The number of rotatable bonds is 7. The average molecular weight is 254 g/mol. The molecule has 0 spiro atoms. The van der Waals surface area contributed by atoms with E-state index in [9.17, 15) is 8.42 Å². The van der Waals surface area contributed by atoms with Crippen molar-refractivity contribution in [1.82, 2.24) is 4.31 Å². The molecule has 0 rings (SSSR count). The Balaban J connectivity index is 4.08. The second-order valence-corrected chi connectivity index (χ2v) is 6.06. The number of nitrogens with zero attached hydrogens (tertiary/aromatic N) is 1. The molecule has 0 unspecified atom stereocenters. The van der Waals surface area contributed by atoms with Crippen molar-refractivity contribution in [3.63, 3.8) is 0 Å². The molecule has 0 aromatic rings. The van der Waals surface area contributed by atoms with Gasteiger partial charge in [0.25, 0.3) is 0 Å². The maximum atomic E-state index is 11.5. The van der Waals surface area contributed by atoms with Gasteiger partial charge in [-0.2, -0.15) is 0 Å². The SMILES string of the molecule is CC(C)OCCN(C)S(=O)(=O)CC(N)=S. The van der Waals surface area contributed by atoms with Crippen LogP contribution in [0, 0.1) is 0 Å². The van der Waals surface area contributed by atoms with Crippen LogP contribution in [-0.4, -0.2) is 49.8 Å². The molecule has 0 saturated carbocycles. The number of thiocarbonyl (C=S) groups is 1. The van der Waals surface area contributed by atoms with Gasteiger partial charge in [0.15, 0.2) is 0 Å². The standard InChI is InChI=1S/C8H18N2O3S2/c1-7(2)13-5-4-10(3)15(11,12)6-8(9)14/h7H,4-6H2,1-3H3,(H2,9,14). The molecular weight excluding hydrogens is 236 g/mol. The quantitative estimate of drug-likeness (QED) is 0.645. The van der Waals surface area contributed by atoms with E-state index in [-0.39, 0.29) is 16.8 Å². The smallest absolute Gasteiger partial charge is 0.220 e. The predicted molar refractivity (Wildman–Crippen MR) is 64.3 cm³/mol. The molecule has 0 bridgehead atoms. The van der Waals surface area contributed by atoms with Crippen LogP contribution < -0.4 is 5.73 Å². The van der Waals surface area contributed by atoms with E-state index in [0.717, 1.165) is 0 Å². The van der Waals surface area contributed by atoms with Gasteiger partial charge in [-0.15, -0.1) is 0 Å². The fraction of sp³-hybridized carbons (Fsp3) is 0.875. The number of ether oxygens (including phenoxy) is 1. The first-order chi connectivity index (χ1) is 6.75. The van der Waals surface area contributed by atoms with E-state index < -0.39 is 10.0 Å². The second-order valence-electron chi connectivity index (χ2n) is 3.46. The molecule has 0 radical (unpaired) electrons. The highest BCUT2D eigenvalue weighted by Gasteiger charge is 2.18. The van der Waals surface area contributed by atoms with Crippen molar-refractivity contribution in [2.75, 3.05) is 26.0 Å². The van der Waals surface area contributed by atoms with Crippen molar-refractivity contribution in [3.8, 4) is 0 Å². The van der Waals surface area contributed by atoms with Crippen LogP contribution in [0.1, 0.15) is 13.8 Å². The number of hydrogen-bond acceptors (Lipinski definition) is 4. The molecule has 0 aliphatic carbocycles. The lowest BCUT2D eigenvalue weighted by Crippen LogP contribution is -2.36. The maximum absolute atomic E-state index is 11.5. The third kappa shape index (κ3) is 6.77. The average Bonchev–Trinajstić information content (AvgIpc) is 2.00. The highest BCUT2D eigenvalue weighted by atomic mass is 32.2. The number of likely N-dealkylation sites (N-methyl/N-ethyl adjacent to an activating group) is 1. The molecule has 0 aliphatic heterocycles. The summed E-state index contributed by atoms with van der Waals surface area (Å²) in [6.07, 6.45) is 0.0942. The third-order valence-corrected chi connectivity index (χ3v) is 3.79. The van der Waals surface area contributed by atoms with Crippen LogP contribution in [0.15, 0.2) is 0 Å². The molecule has 0 amide bonds. The van der Waals surface area contributed by atoms with Crippen LogP contribution in [0.5, 0.6) is 0 Å². The molecule has 0 saturated heterocycles. The number of nitrogens with two attached hydrogens (primary N) is 1. The Bertz CT molecular complexity index is 301. The van der Waals surface area contributed by atoms with E-state index in [1.54, 1.807) is 0 Å². The van der Waals surface area contributed by atoms with Gasteiger partial charge in [-0.3, -0.25) is 0 Å². The molecule has 0 heterocycles. The van der Waals surface area contributed by atoms with Crippen LogP contribution >= 0.6 is 12.2 Å². The summed E-state index contributed by atoms with van der Waals surface area (Å²) in [7, 11) is -1.89. The fourth-order valence-corrected chi connectivity index (χ4v) is 2.23.